The van der Waals surface area contributed by atoms with Gasteiger partial charge in [0.1, 0.15) is 11.0 Å². The van der Waals surface area contributed by atoms with Crippen molar-refractivity contribution in [2.24, 2.45) is 9.81 Å². The summed E-state index contributed by atoms with van der Waals surface area (Å²) in [6, 6.07) is 9.37. The van der Waals surface area contributed by atoms with E-state index in [1.807, 2.05) is 30.3 Å². The largest absolute Gasteiger partial charge is 0.376 e. The van der Waals surface area contributed by atoms with Crippen LogP contribution in [0.5, 0.6) is 0 Å². The van der Waals surface area contributed by atoms with Crippen molar-refractivity contribution in [2.45, 2.75) is 44.5 Å². The lowest BCUT2D eigenvalue weighted by atomic mass is 10.1. The molecule has 0 saturated heterocycles. The van der Waals surface area contributed by atoms with E-state index in [1.165, 1.54) is 0 Å². The van der Waals surface area contributed by atoms with E-state index in [0.29, 0.717) is 0 Å². The van der Waals surface area contributed by atoms with Crippen LogP contribution in [-0.4, -0.2) is 27.7 Å². The molecule has 1 fully saturated rings. The number of halogens is 2. The Morgan fingerprint density at radius 2 is 1.91 bits per heavy atom. The summed E-state index contributed by atoms with van der Waals surface area (Å²) >= 11 is 0. The molecule has 2 atom stereocenters. The highest BCUT2D eigenvalue weighted by atomic mass is 32.2. The second-order valence-corrected chi connectivity index (χ2v) is 8.55. The van der Waals surface area contributed by atoms with Gasteiger partial charge in [-0.3, -0.25) is 0 Å². The predicted molar refractivity (Wildman–Crippen MR) is 84.5 cm³/mol. The molecule has 0 heterocycles. The third kappa shape index (κ3) is 3.98. The SMILES string of the molecule is CC(C)(C)[S@](=O)/N=C/[C@@]1(COCc2ccccc2)CC1(F)F. The number of ether oxygens (including phenoxy) is 1. The minimum Gasteiger partial charge on any atom is -0.376 e. The maximum absolute atomic E-state index is 13.7. The van der Waals surface area contributed by atoms with E-state index >= 15 is 0 Å². The van der Waals surface area contributed by atoms with Crippen LogP contribution < -0.4 is 0 Å². The molecule has 0 unspecified atom stereocenters. The van der Waals surface area contributed by atoms with Gasteiger partial charge in [-0.2, -0.15) is 4.40 Å². The molecule has 1 aliphatic rings. The van der Waals surface area contributed by atoms with Gasteiger partial charge in [-0.1, -0.05) is 30.3 Å². The second-order valence-electron chi connectivity index (χ2n) is 6.61. The van der Waals surface area contributed by atoms with Gasteiger partial charge < -0.3 is 4.74 Å². The molecule has 0 radical (unpaired) electrons. The molecule has 22 heavy (non-hydrogen) atoms. The quantitative estimate of drug-likeness (QED) is 0.745. The standard InChI is InChI=1S/C16H21F2NO2S/c1-14(2,3)22(20)19-11-15(10-16(15,17)18)12-21-9-13-7-5-4-6-8-13/h4-8,11H,9-10,12H2,1-3H3/b19-11+/t15-,22+/m1/s1. The number of rotatable bonds is 6. The Morgan fingerprint density at radius 1 is 1.32 bits per heavy atom. The highest BCUT2D eigenvalue weighted by Gasteiger charge is 2.70. The van der Waals surface area contributed by atoms with Gasteiger partial charge in [-0.15, -0.1) is 0 Å². The molecular formula is C16H21F2NO2S. The average molecular weight is 329 g/mol. The summed E-state index contributed by atoms with van der Waals surface area (Å²) in [6.45, 7) is 5.41. The number of hydrogen-bond donors (Lipinski definition) is 0. The molecule has 0 N–H and O–H groups in total. The van der Waals surface area contributed by atoms with E-state index < -0.39 is 27.1 Å². The van der Waals surface area contributed by atoms with Crippen molar-refractivity contribution in [1.29, 1.82) is 0 Å². The van der Waals surface area contributed by atoms with Crippen molar-refractivity contribution in [3.8, 4) is 0 Å². The van der Waals surface area contributed by atoms with Crippen molar-refractivity contribution in [1.82, 2.24) is 0 Å². The summed E-state index contributed by atoms with van der Waals surface area (Å²) in [7, 11) is -1.54. The first-order valence-electron chi connectivity index (χ1n) is 7.13. The number of alkyl halides is 2. The molecule has 0 amide bonds. The molecule has 1 aliphatic carbocycles. The Morgan fingerprint density at radius 3 is 2.41 bits per heavy atom. The van der Waals surface area contributed by atoms with Crippen LogP contribution in [0, 0.1) is 5.41 Å². The van der Waals surface area contributed by atoms with Gasteiger partial charge in [0, 0.05) is 12.6 Å². The fourth-order valence-corrected chi connectivity index (χ4v) is 2.53. The van der Waals surface area contributed by atoms with Gasteiger partial charge in [0.2, 0.25) is 0 Å². The van der Waals surface area contributed by atoms with Gasteiger partial charge in [0.05, 0.1) is 23.4 Å². The van der Waals surface area contributed by atoms with Crippen LogP contribution in [0.1, 0.15) is 32.8 Å². The van der Waals surface area contributed by atoms with E-state index in [-0.39, 0.29) is 19.6 Å². The summed E-state index contributed by atoms with van der Waals surface area (Å²) < 4.78 is 47.9. The van der Waals surface area contributed by atoms with Crippen LogP contribution in [0.3, 0.4) is 0 Å². The summed E-state index contributed by atoms with van der Waals surface area (Å²) in [4.78, 5) is 0. The molecule has 2 rings (SSSR count). The Kier molecular flexibility index (Phi) is 4.82. The normalized spacial score (nSPS) is 25.3. The van der Waals surface area contributed by atoms with Crippen molar-refractivity contribution in [3.63, 3.8) is 0 Å². The van der Waals surface area contributed by atoms with Crippen molar-refractivity contribution in [2.75, 3.05) is 6.61 Å². The van der Waals surface area contributed by atoms with E-state index in [0.717, 1.165) is 11.8 Å². The molecule has 0 bridgehead atoms. The zero-order chi connectivity index (χ0) is 16.4. The summed E-state index contributed by atoms with van der Waals surface area (Å²) in [5.74, 6) is -2.84. The molecule has 0 spiro atoms. The molecule has 0 aliphatic heterocycles. The minimum absolute atomic E-state index is 0.125. The molecule has 1 aromatic carbocycles. The zero-order valence-corrected chi connectivity index (χ0v) is 13.8. The van der Waals surface area contributed by atoms with Crippen LogP contribution >= 0.6 is 0 Å². The minimum atomic E-state index is -2.84. The molecule has 1 saturated carbocycles. The van der Waals surface area contributed by atoms with E-state index in [9.17, 15) is 13.0 Å². The number of benzene rings is 1. The average Bonchev–Trinajstić information content (AvgIpc) is 2.98. The van der Waals surface area contributed by atoms with Crippen molar-refractivity contribution >= 4 is 17.2 Å². The van der Waals surface area contributed by atoms with E-state index in [2.05, 4.69) is 4.40 Å². The molecule has 0 aromatic heterocycles. The molecule has 1 aromatic rings. The maximum atomic E-state index is 13.7. The third-order valence-electron chi connectivity index (χ3n) is 3.53. The summed E-state index contributed by atoms with van der Waals surface area (Å²) in [5, 5.41) is 0. The summed E-state index contributed by atoms with van der Waals surface area (Å²) in [5.41, 5.74) is -0.486. The van der Waals surface area contributed by atoms with Gasteiger partial charge >= 0.3 is 0 Å². The van der Waals surface area contributed by atoms with Gasteiger partial charge in [0.15, 0.2) is 0 Å². The van der Waals surface area contributed by atoms with Crippen LogP contribution in [0.2, 0.25) is 0 Å². The van der Waals surface area contributed by atoms with Crippen LogP contribution in [0.4, 0.5) is 8.78 Å². The first kappa shape index (κ1) is 17.2. The van der Waals surface area contributed by atoms with Crippen LogP contribution in [0.25, 0.3) is 0 Å². The lowest BCUT2D eigenvalue weighted by Gasteiger charge is -2.15. The Bertz CT molecular complexity index is 569. The smallest absolute Gasteiger partial charge is 0.262 e. The van der Waals surface area contributed by atoms with E-state index in [1.54, 1.807) is 20.8 Å². The highest BCUT2D eigenvalue weighted by Crippen LogP contribution is 2.59. The van der Waals surface area contributed by atoms with Crippen LogP contribution in [-0.2, 0) is 22.3 Å². The lowest BCUT2D eigenvalue weighted by Crippen LogP contribution is -2.23. The lowest BCUT2D eigenvalue weighted by molar-refractivity contribution is 0.0311. The topological polar surface area (TPSA) is 38.7 Å². The van der Waals surface area contributed by atoms with Gasteiger partial charge in [0.25, 0.3) is 5.92 Å². The summed E-state index contributed by atoms with van der Waals surface area (Å²) in [6.07, 6.45) is 0.832. The van der Waals surface area contributed by atoms with Crippen LogP contribution in [0.15, 0.2) is 34.7 Å². The second kappa shape index (κ2) is 6.16. The Hall–Kier alpha value is -1.14. The first-order valence-corrected chi connectivity index (χ1v) is 8.24. The Labute approximate surface area is 132 Å². The fourth-order valence-electron chi connectivity index (χ4n) is 1.92. The molecule has 3 nitrogen and oxygen atoms in total. The fraction of sp³-hybridized carbons (Fsp3) is 0.562. The molecular weight excluding hydrogens is 308 g/mol. The third-order valence-corrected chi connectivity index (χ3v) is 4.88. The molecule has 122 valence electrons. The van der Waals surface area contributed by atoms with Gasteiger partial charge in [-0.25, -0.2) is 13.0 Å². The number of hydrogen-bond acceptors (Lipinski definition) is 2. The molecule has 6 heteroatoms. The highest BCUT2D eigenvalue weighted by molar-refractivity contribution is 7.85. The first-order chi connectivity index (χ1) is 10.2. The van der Waals surface area contributed by atoms with Gasteiger partial charge in [-0.05, 0) is 26.3 Å². The van der Waals surface area contributed by atoms with E-state index in [4.69, 9.17) is 4.74 Å². The Balaban J connectivity index is 1.96. The number of nitrogens with zero attached hydrogens (tertiary/aromatic N) is 1. The maximum Gasteiger partial charge on any atom is 0.262 e. The van der Waals surface area contributed by atoms with Crippen molar-refractivity contribution in [3.05, 3.63) is 35.9 Å². The zero-order valence-electron chi connectivity index (χ0n) is 13.0. The monoisotopic (exact) mass is 329 g/mol. The predicted octanol–water partition coefficient (Wildman–Crippen LogP) is 3.76. The van der Waals surface area contributed by atoms with Crippen molar-refractivity contribution < 1.29 is 17.7 Å².